The predicted octanol–water partition coefficient (Wildman–Crippen LogP) is 4.77. The zero-order valence-corrected chi connectivity index (χ0v) is 16.0. The van der Waals surface area contributed by atoms with E-state index in [-0.39, 0.29) is 17.3 Å². The number of aromatic nitrogens is 3. The highest BCUT2D eigenvalue weighted by molar-refractivity contribution is 7.22. The molecule has 2 N–H and O–H groups in total. The Hall–Kier alpha value is -3.93. The van der Waals surface area contributed by atoms with Gasteiger partial charge in [-0.2, -0.15) is 0 Å². The first-order chi connectivity index (χ1) is 14.4. The molecule has 0 unspecified atom stereocenters. The molecule has 2 heterocycles. The van der Waals surface area contributed by atoms with Crippen molar-refractivity contribution >= 4 is 49.7 Å². The van der Waals surface area contributed by atoms with E-state index in [1.54, 1.807) is 25.3 Å². The molecule has 30 heavy (non-hydrogen) atoms. The molecule has 0 aliphatic carbocycles. The molecule has 2 aromatic carbocycles. The van der Waals surface area contributed by atoms with Gasteiger partial charge in [0.1, 0.15) is 23.7 Å². The molecule has 0 bridgehead atoms. The Morgan fingerprint density at radius 1 is 1.10 bits per heavy atom. The number of rotatable bonds is 6. The predicted molar refractivity (Wildman–Crippen MR) is 108 cm³/mol. The second-order valence-electron chi connectivity index (χ2n) is 5.90. The van der Waals surface area contributed by atoms with Gasteiger partial charge in [0, 0.05) is 6.07 Å². The molecule has 152 valence electrons. The first-order valence-electron chi connectivity index (χ1n) is 8.37. The molecular formula is C18H12F2N6O3S. The van der Waals surface area contributed by atoms with Crippen LogP contribution in [0.3, 0.4) is 0 Å². The van der Waals surface area contributed by atoms with Gasteiger partial charge in [0.25, 0.3) is 0 Å². The van der Waals surface area contributed by atoms with E-state index in [0.29, 0.717) is 22.5 Å². The molecule has 2 aromatic heterocycles. The summed E-state index contributed by atoms with van der Waals surface area (Å²) in [4.78, 5) is 23.1. The van der Waals surface area contributed by atoms with Crippen LogP contribution in [0.15, 0.2) is 42.7 Å². The highest BCUT2D eigenvalue weighted by Gasteiger charge is 2.25. The second-order valence-corrected chi connectivity index (χ2v) is 6.93. The smallest absolute Gasteiger partial charge is 0.353 e. The van der Waals surface area contributed by atoms with E-state index in [1.165, 1.54) is 11.3 Å². The lowest BCUT2D eigenvalue weighted by Gasteiger charge is -2.09. The van der Waals surface area contributed by atoms with Crippen LogP contribution in [0.1, 0.15) is 0 Å². The SMILES string of the molecule is COc1ccc2nc(Nc3ncnc(Nc4ccc(F)cc4F)c3[N+](=O)[O-])sc2c1. The van der Waals surface area contributed by atoms with E-state index in [4.69, 9.17) is 4.74 Å². The van der Waals surface area contributed by atoms with E-state index in [0.717, 1.165) is 23.2 Å². The summed E-state index contributed by atoms with van der Waals surface area (Å²) in [6, 6.07) is 8.09. The van der Waals surface area contributed by atoms with Crippen LogP contribution in [0.25, 0.3) is 10.2 Å². The van der Waals surface area contributed by atoms with Crippen molar-refractivity contribution in [3.05, 3.63) is 64.5 Å². The molecule has 0 radical (unpaired) electrons. The topological polar surface area (TPSA) is 115 Å². The number of ether oxygens (including phenoxy) is 1. The molecule has 0 spiro atoms. The molecular weight excluding hydrogens is 418 g/mol. The molecule has 4 aromatic rings. The summed E-state index contributed by atoms with van der Waals surface area (Å²) in [5, 5.41) is 17.4. The number of fused-ring (bicyclic) bond motifs is 1. The maximum atomic E-state index is 13.9. The van der Waals surface area contributed by atoms with Gasteiger partial charge in [-0.1, -0.05) is 11.3 Å². The largest absolute Gasteiger partial charge is 0.497 e. The first kappa shape index (κ1) is 19.4. The van der Waals surface area contributed by atoms with Gasteiger partial charge in [-0.3, -0.25) is 10.1 Å². The number of benzene rings is 2. The van der Waals surface area contributed by atoms with E-state index < -0.39 is 22.2 Å². The number of anilines is 4. The average molecular weight is 430 g/mol. The molecule has 0 saturated carbocycles. The summed E-state index contributed by atoms with van der Waals surface area (Å²) in [5.74, 6) is -1.43. The van der Waals surface area contributed by atoms with Crippen LogP contribution in [0.2, 0.25) is 0 Å². The fraction of sp³-hybridized carbons (Fsp3) is 0.0556. The lowest BCUT2D eigenvalue weighted by Crippen LogP contribution is -2.06. The number of nitro groups is 1. The van der Waals surface area contributed by atoms with Crippen LogP contribution in [0.4, 0.5) is 36.9 Å². The van der Waals surface area contributed by atoms with Crippen molar-refractivity contribution < 1.29 is 18.4 Å². The number of hydrogen-bond acceptors (Lipinski definition) is 9. The summed E-state index contributed by atoms with van der Waals surface area (Å²) in [6.45, 7) is 0. The third-order valence-electron chi connectivity index (χ3n) is 4.01. The van der Waals surface area contributed by atoms with Gasteiger partial charge in [0.2, 0.25) is 11.6 Å². The number of nitrogens with one attached hydrogen (secondary N) is 2. The summed E-state index contributed by atoms with van der Waals surface area (Å²) in [6.07, 6.45) is 1.08. The molecule has 0 amide bonds. The Labute approximate surface area is 171 Å². The van der Waals surface area contributed by atoms with Crippen LogP contribution in [0.5, 0.6) is 5.75 Å². The molecule has 0 aliphatic heterocycles. The van der Waals surface area contributed by atoms with Crippen molar-refractivity contribution in [3.8, 4) is 5.75 Å². The van der Waals surface area contributed by atoms with Crippen LogP contribution in [-0.2, 0) is 0 Å². The normalized spacial score (nSPS) is 10.8. The zero-order chi connectivity index (χ0) is 21.3. The Bertz CT molecular complexity index is 1270. The van der Waals surface area contributed by atoms with Gasteiger partial charge in [-0.15, -0.1) is 0 Å². The van der Waals surface area contributed by atoms with Crippen LogP contribution < -0.4 is 15.4 Å². The van der Waals surface area contributed by atoms with Crippen molar-refractivity contribution in [3.63, 3.8) is 0 Å². The summed E-state index contributed by atoms with van der Waals surface area (Å²) in [7, 11) is 1.55. The highest BCUT2D eigenvalue weighted by atomic mass is 32.1. The Balaban J connectivity index is 1.70. The summed E-state index contributed by atoms with van der Waals surface area (Å²) >= 11 is 1.25. The maximum Gasteiger partial charge on any atom is 0.353 e. The summed E-state index contributed by atoms with van der Waals surface area (Å²) in [5.41, 5.74) is -0.0129. The number of thiazole rings is 1. The van der Waals surface area contributed by atoms with E-state index >= 15 is 0 Å². The van der Waals surface area contributed by atoms with Crippen molar-refractivity contribution in [1.29, 1.82) is 0 Å². The number of methoxy groups -OCH3 is 1. The Kier molecular flexibility index (Phi) is 5.06. The monoisotopic (exact) mass is 430 g/mol. The number of halogens is 2. The molecule has 9 nitrogen and oxygen atoms in total. The van der Waals surface area contributed by atoms with E-state index in [2.05, 4.69) is 25.6 Å². The minimum Gasteiger partial charge on any atom is -0.497 e. The quantitative estimate of drug-likeness (QED) is 0.332. The van der Waals surface area contributed by atoms with Crippen molar-refractivity contribution in [2.24, 2.45) is 0 Å². The van der Waals surface area contributed by atoms with Gasteiger partial charge >= 0.3 is 5.69 Å². The molecule has 4 rings (SSSR count). The molecule has 0 aliphatic rings. The van der Waals surface area contributed by atoms with Gasteiger partial charge in [0.05, 0.1) is 27.9 Å². The van der Waals surface area contributed by atoms with E-state index in [9.17, 15) is 18.9 Å². The minimum atomic E-state index is -0.919. The standard InChI is InChI=1S/C18H12F2N6O3S/c1-29-10-3-5-13-14(7-10)30-18(24-13)25-17-15(26(27)28)16(21-8-22-17)23-12-4-2-9(19)6-11(12)20/h2-8H,1H3,(H2,21,22,23,24,25). The lowest BCUT2D eigenvalue weighted by atomic mass is 10.3. The van der Waals surface area contributed by atoms with Gasteiger partial charge < -0.3 is 15.4 Å². The minimum absolute atomic E-state index is 0.133. The second kappa shape index (κ2) is 7.83. The number of nitrogens with zero attached hydrogens (tertiary/aromatic N) is 4. The number of hydrogen-bond donors (Lipinski definition) is 2. The molecule has 0 saturated heterocycles. The van der Waals surface area contributed by atoms with Crippen LogP contribution in [0, 0.1) is 21.7 Å². The first-order valence-corrected chi connectivity index (χ1v) is 9.19. The lowest BCUT2D eigenvalue weighted by molar-refractivity contribution is -0.383. The van der Waals surface area contributed by atoms with Crippen LogP contribution in [-0.4, -0.2) is 27.0 Å². The Morgan fingerprint density at radius 3 is 2.57 bits per heavy atom. The molecule has 0 atom stereocenters. The van der Waals surface area contributed by atoms with Crippen molar-refractivity contribution in [2.45, 2.75) is 0 Å². The maximum absolute atomic E-state index is 13.9. The third-order valence-corrected chi connectivity index (χ3v) is 4.94. The van der Waals surface area contributed by atoms with Crippen LogP contribution >= 0.6 is 11.3 Å². The third kappa shape index (κ3) is 3.80. The average Bonchev–Trinajstić information content (AvgIpc) is 3.11. The molecule has 0 fully saturated rings. The summed E-state index contributed by atoms with van der Waals surface area (Å²) < 4.78 is 33.0. The van der Waals surface area contributed by atoms with E-state index in [1.807, 2.05) is 0 Å². The fourth-order valence-electron chi connectivity index (χ4n) is 2.64. The fourth-order valence-corrected chi connectivity index (χ4v) is 3.53. The van der Waals surface area contributed by atoms with Crippen molar-refractivity contribution in [2.75, 3.05) is 17.7 Å². The Morgan fingerprint density at radius 2 is 1.87 bits per heavy atom. The van der Waals surface area contributed by atoms with Gasteiger partial charge in [-0.05, 0) is 30.3 Å². The zero-order valence-electron chi connectivity index (χ0n) is 15.2. The van der Waals surface area contributed by atoms with Crippen molar-refractivity contribution in [1.82, 2.24) is 15.0 Å². The van der Waals surface area contributed by atoms with Gasteiger partial charge in [-0.25, -0.2) is 23.7 Å². The highest BCUT2D eigenvalue weighted by Crippen LogP contribution is 2.36. The van der Waals surface area contributed by atoms with Gasteiger partial charge in [0.15, 0.2) is 5.13 Å². The molecule has 12 heteroatoms.